The minimum atomic E-state index is -0.177. The summed E-state index contributed by atoms with van der Waals surface area (Å²) >= 11 is 0. The Balaban J connectivity index is 1.53. The predicted octanol–water partition coefficient (Wildman–Crippen LogP) is 10.9. The number of para-hydroxylation sites is 1. The Bertz CT molecular complexity index is 1750. The maximum absolute atomic E-state index is 6.82. The molecule has 3 heterocycles. The number of nitrogens with zero attached hydrogens (tertiary/aromatic N) is 4. The molecule has 0 radical (unpaired) electrons. The van der Waals surface area contributed by atoms with Gasteiger partial charge in [-0.3, -0.25) is 4.90 Å². The van der Waals surface area contributed by atoms with E-state index in [1.165, 1.54) is 27.9 Å². The molecule has 0 fully saturated rings. The molecule has 0 spiro atoms. The number of benzene rings is 3. The summed E-state index contributed by atoms with van der Waals surface area (Å²) in [4.78, 5) is 11.8. The molecule has 4 aromatic rings. The average molecular weight is 615 g/mol. The SMILES string of the molecule is CC(C)c1ccnc(N2c3ccccc3C(C(C)C)(C(C)C)c3ccc(Oc4cc(N5C=CN(C)C5)cc(C(C)(C)C)c4)cc32)c1. The van der Waals surface area contributed by atoms with Crippen molar-refractivity contribution in [3.05, 3.63) is 114 Å². The first-order valence-corrected chi connectivity index (χ1v) is 16.8. The highest BCUT2D eigenvalue weighted by Crippen LogP contribution is 2.58. The van der Waals surface area contributed by atoms with Gasteiger partial charge in [-0.25, -0.2) is 4.98 Å². The molecule has 0 saturated carbocycles. The molecule has 0 unspecified atom stereocenters. The van der Waals surface area contributed by atoms with Gasteiger partial charge in [-0.05, 0) is 81.8 Å². The van der Waals surface area contributed by atoms with Gasteiger partial charge in [0.15, 0.2) is 0 Å². The van der Waals surface area contributed by atoms with Gasteiger partial charge in [-0.2, -0.15) is 0 Å². The maximum Gasteiger partial charge on any atom is 0.137 e. The van der Waals surface area contributed by atoms with E-state index in [-0.39, 0.29) is 10.8 Å². The van der Waals surface area contributed by atoms with E-state index in [0.29, 0.717) is 17.8 Å². The lowest BCUT2D eigenvalue weighted by Gasteiger charge is -2.50. The monoisotopic (exact) mass is 614 g/mol. The van der Waals surface area contributed by atoms with E-state index in [1.807, 2.05) is 6.20 Å². The second kappa shape index (κ2) is 11.8. The zero-order valence-electron chi connectivity index (χ0n) is 29.3. The quantitative estimate of drug-likeness (QED) is 0.207. The lowest BCUT2D eigenvalue weighted by atomic mass is 9.58. The highest BCUT2D eigenvalue weighted by atomic mass is 16.5. The highest BCUT2D eigenvalue weighted by molar-refractivity contribution is 5.86. The minimum absolute atomic E-state index is 0.0267. The van der Waals surface area contributed by atoms with Gasteiger partial charge < -0.3 is 14.5 Å². The highest BCUT2D eigenvalue weighted by Gasteiger charge is 2.48. The number of hydrogen-bond donors (Lipinski definition) is 0. The zero-order chi connectivity index (χ0) is 33.0. The third-order valence-corrected chi connectivity index (χ3v) is 9.93. The summed E-state index contributed by atoms with van der Waals surface area (Å²) in [5.41, 5.74) is 8.42. The Morgan fingerprint density at radius 1 is 0.761 bits per heavy atom. The van der Waals surface area contributed by atoms with Crippen LogP contribution in [0, 0.1) is 11.8 Å². The Morgan fingerprint density at radius 3 is 2.13 bits per heavy atom. The summed E-state index contributed by atoms with van der Waals surface area (Å²) in [6, 6.07) is 26.6. The van der Waals surface area contributed by atoms with Gasteiger partial charge in [0.05, 0.1) is 18.0 Å². The van der Waals surface area contributed by atoms with Crippen molar-refractivity contribution in [2.75, 3.05) is 23.5 Å². The molecule has 5 heteroatoms. The number of anilines is 4. The third-order valence-electron chi connectivity index (χ3n) is 9.93. The molecule has 0 amide bonds. The summed E-state index contributed by atoms with van der Waals surface area (Å²) in [5.74, 6) is 3.72. The van der Waals surface area contributed by atoms with Crippen LogP contribution in [0.5, 0.6) is 11.5 Å². The Labute approximate surface area is 276 Å². The Morgan fingerprint density at radius 2 is 1.48 bits per heavy atom. The molecule has 2 aliphatic heterocycles. The van der Waals surface area contributed by atoms with Crippen molar-refractivity contribution in [3.8, 4) is 11.5 Å². The predicted molar refractivity (Wildman–Crippen MR) is 193 cm³/mol. The zero-order valence-corrected chi connectivity index (χ0v) is 29.3. The fourth-order valence-corrected chi connectivity index (χ4v) is 7.55. The van der Waals surface area contributed by atoms with Crippen molar-refractivity contribution in [2.24, 2.45) is 11.8 Å². The molecule has 46 heavy (non-hydrogen) atoms. The van der Waals surface area contributed by atoms with E-state index >= 15 is 0 Å². The second-order valence-electron chi connectivity index (χ2n) is 15.0. The number of aromatic nitrogens is 1. The summed E-state index contributed by atoms with van der Waals surface area (Å²) in [6.07, 6.45) is 6.19. The van der Waals surface area contributed by atoms with Crippen LogP contribution in [0.15, 0.2) is 91.4 Å². The minimum Gasteiger partial charge on any atom is -0.457 e. The van der Waals surface area contributed by atoms with Crippen molar-refractivity contribution in [2.45, 2.75) is 79.1 Å². The topological polar surface area (TPSA) is 31.8 Å². The van der Waals surface area contributed by atoms with Crippen LogP contribution < -0.4 is 14.5 Å². The van der Waals surface area contributed by atoms with E-state index in [9.17, 15) is 0 Å². The van der Waals surface area contributed by atoms with E-state index in [4.69, 9.17) is 9.72 Å². The average Bonchev–Trinajstić information content (AvgIpc) is 3.45. The van der Waals surface area contributed by atoms with E-state index in [0.717, 1.165) is 35.4 Å². The van der Waals surface area contributed by atoms with Gasteiger partial charge >= 0.3 is 0 Å². The fourth-order valence-electron chi connectivity index (χ4n) is 7.55. The summed E-state index contributed by atoms with van der Waals surface area (Å²) in [6.45, 7) is 21.5. The van der Waals surface area contributed by atoms with Crippen molar-refractivity contribution in [1.29, 1.82) is 0 Å². The Kier molecular flexibility index (Phi) is 8.16. The van der Waals surface area contributed by atoms with Crippen molar-refractivity contribution in [3.63, 3.8) is 0 Å². The molecule has 0 saturated heterocycles. The molecule has 5 nitrogen and oxygen atoms in total. The molecular weight excluding hydrogens is 564 g/mol. The number of pyridine rings is 1. The van der Waals surface area contributed by atoms with Gasteiger partial charge in [-0.1, -0.05) is 86.6 Å². The van der Waals surface area contributed by atoms with Crippen LogP contribution in [0.4, 0.5) is 22.9 Å². The largest absolute Gasteiger partial charge is 0.457 e. The molecule has 2 aliphatic rings. The van der Waals surface area contributed by atoms with E-state index in [2.05, 4.69) is 169 Å². The van der Waals surface area contributed by atoms with E-state index in [1.54, 1.807) is 0 Å². The molecule has 0 aliphatic carbocycles. The van der Waals surface area contributed by atoms with Crippen molar-refractivity contribution >= 4 is 22.9 Å². The van der Waals surface area contributed by atoms with Gasteiger partial charge in [-0.15, -0.1) is 0 Å². The van der Waals surface area contributed by atoms with E-state index < -0.39 is 0 Å². The summed E-state index contributed by atoms with van der Waals surface area (Å²) in [5, 5.41) is 0. The molecular formula is C41H50N4O. The normalized spacial score (nSPS) is 15.6. The van der Waals surface area contributed by atoms with Crippen LogP contribution in [0.2, 0.25) is 0 Å². The smallest absolute Gasteiger partial charge is 0.137 e. The molecule has 0 N–H and O–H groups in total. The van der Waals surface area contributed by atoms with Crippen molar-refractivity contribution in [1.82, 2.24) is 9.88 Å². The first-order valence-electron chi connectivity index (χ1n) is 16.8. The van der Waals surface area contributed by atoms with Crippen LogP contribution in [0.25, 0.3) is 0 Å². The fraction of sp³-hybridized carbons (Fsp3) is 0.390. The number of rotatable bonds is 7. The summed E-state index contributed by atoms with van der Waals surface area (Å²) < 4.78 is 6.82. The van der Waals surface area contributed by atoms with Crippen molar-refractivity contribution < 1.29 is 4.74 Å². The van der Waals surface area contributed by atoms with Crippen LogP contribution in [-0.4, -0.2) is 23.6 Å². The first kappa shape index (κ1) is 31.7. The number of fused-ring (bicyclic) bond motifs is 2. The van der Waals surface area contributed by atoms with Gasteiger partial charge in [0.25, 0.3) is 0 Å². The standard InChI is InChI=1S/C41H50N4O/c1-27(2)30-17-18-42-39(21-30)45-37-14-12-11-13-35(37)41(28(3)4,29(5)6)36-16-15-33(25-38(36)45)46-34-23-31(40(7,8)9)22-32(24-34)44-20-19-43(10)26-44/h11-25,27-29H,26H2,1-10H3. The van der Waals surface area contributed by atoms with Gasteiger partial charge in [0, 0.05) is 48.9 Å². The lowest BCUT2D eigenvalue weighted by Crippen LogP contribution is -2.44. The summed E-state index contributed by atoms with van der Waals surface area (Å²) in [7, 11) is 2.10. The van der Waals surface area contributed by atoms with Crippen LogP contribution >= 0.6 is 0 Å². The number of hydrogen-bond acceptors (Lipinski definition) is 5. The second-order valence-corrected chi connectivity index (χ2v) is 15.0. The Hall–Kier alpha value is -4.25. The molecule has 6 rings (SSSR count). The molecule has 0 atom stereocenters. The molecule has 0 bridgehead atoms. The maximum atomic E-state index is 6.82. The lowest BCUT2D eigenvalue weighted by molar-refractivity contribution is 0.272. The van der Waals surface area contributed by atoms with Gasteiger partial charge in [0.1, 0.15) is 17.3 Å². The molecule has 3 aromatic carbocycles. The molecule has 1 aromatic heterocycles. The number of ether oxygens (including phenoxy) is 1. The van der Waals surface area contributed by atoms with Gasteiger partial charge in [0.2, 0.25) is 0 Å². The van der Waals surface area contributed by atoms with Crippen LogP contribution in [0.1, 0.15) is 90.5 Å². The first-order chi connectivity index (χ1) is 21.8. The van der Waals surface area contributed by atoms with Crippen LogP contribution in [0.3, 0.4) is 0 Å². The third kappa shape index (κ3) is 5.44. The van der Waals surface area contributed by atoms with Crippen LogP contribution in [-0.2, 0) is 10.8 Å². The molecule has 240 valence electrons.